The van der Waals surface area contributed by atoms with E-state index >= 15 is 0 Å². The number of aliphatic hydroxyl groups is 1. The molecule has 4 aromatic heterocycles. The van der Waals surface area contributed by atoms with E-state index in [1.165, 1.54) is 34.2 Å². The zero-order valence-electron chi connectivity index (χ0n) is 28.3. The lowest BCUT2D eigenvalue weighted by Crippen LogP contribution is -2.50. The number of alkyl halides is 2. The fourth-order valence-electron chi connectivity index (χ4n) is 8.58. The molecule has 280 valence electrons. The van der Waals surface area contributed by atoms with Gasteiger partial charge in [0.25, 0.3) is 0 Å². The summed E-state index contributed by atoms with van der Waals surface area (Å²) in [7, 11) is -3.94. The van der Waals surface area contributed by atoms with Crippen LogP contribution >= 0.6 is 22.9 Å². The van der Waals surface area contributed by atoms with Crippen LogP contribution in [0.25, 0.3) is 11.4 Å². The fourth-order valence-corrected chi connectivity index (χ4v) is 11.3. The molecule has 1 aromatic carbocycles. The van der Waals surface area contributed by atoms with Crippen LogP contribution in [0.5, 0.6) is 0 Å². The number of benzene rings is 1. The van der Waals surface area contributed by atoms with E-state index in [0.29, 0.717) is 56.7 Å². The van der Waals surface area contributed by atoms with Crippen molar-refractivity contribution in [2.45, 2.75) is 61.6 Å². The molecule has 2 aliphatic carbocycles. The fraction of sp³-hybridized carbons (Fsp3) is 0.371. The Labute approximate surface area is 316 Å². The lowest BCUT2D eigenvalue weighted by atomic mass is 9.72. The van der Waals surface area contributed by atoms with Gasteiger partial charge < -0.3 is 10.0 Å². The van der Waals surface area contributed by atoms with E-state index in [2.05, 4.69) is 30.1 Å². The van der Waals surface area contributed by atoms with E-state index in [1.807, 2.05) is 11.0 Å². The van der Waals surface area contributed by atoms with Gasteiger partial charge in [-0.1, -0.05) is 28.9 Å². The molecular weight excluding hydrogens is 765 g/mol. The van der Waals surface area contributed by atoms with Crippen LogP contribution < -0.4 is 4.72 Å². The lowest BCUT2D eigenvalue weighted by Gasteiger charge is -2.41. The number of thiazole rings is 1. The number of hydrogen-bond donors (Lipinski definition) is 2. The first-order valence-corrected chi connectivity index (χ1v) is 20.1. The number of rotatable bonds is 9. The number of fused-ring (bicyclic) bond motifs is 3. The number of hydrogen-bond acceptors (Lipinski definition) is 11. The normalized spacial score (nSPS) is 26.8. The van der Waals surface area contributed by atoms with Gasteiger partial charge in [0, 0.05) is 64.8 Å². The van der Waals surface area contributed by atoms with Gasteiger partial charge in [-0.2, -0.15) is 13.9 Å². The minimum absolute atomic E-state index is 0.0866. The van der Waals surface area contributed by atoms with Crippen LogP contribution in [-0.4, -0.2) is 76.8 Å². The summed E-state index contributed by atoms with van der Waals surface area (Å²) in [5.74, 6) is -0.265. The van der Waals surface area contributed by atoms with Crippen LogP contribution in [-0.2, 0) is 15.6 Å². The molecule has 2 N–H and O–H groups in total. The lowest BCUT2D eigenvalue weighted by molar-refractivity contribution is -0.0683. The third-order valence-corrected chi connectivity index (χ3v) is 14.0. The van der Waals surface area contributed by atoms with Gasteiger partial charge in [-0.3, -0.25) is 4.99 Å². The SMILES string of the molecule is O=S(=O)(N[C@H]1CC2=C(c3ccn(C(F)F)n3)[C@H](c3ccc(F)cc3Cl)N=C(c3nccs3)N2C1)C1CC2CCC(C1)C2(O)c1cn(-c2ccccn2)nn1. The van der Waals surface area contributed by atoms with Gasteiger partial charge in [0.15, 0.2) is 16.7 Å². The maximum atomic E-state index is 14.2. The molecular formula is C35H32ClF3N10O3S2. The van der Waals surface area contributed by atoms with E-state index in [9.17, 15) is 26.7 Å². The average molecular weight is 797 g/mol. The predicted molar refractivity (Wildman–Crippen MR) is 193 cm³/mol. The van der Waals surface area contributed by atoms with Crippen molar-refractivity contribution in [1.29, 1.82) is 0 Å². The quantitative estimate of drug-likeness (QED) is 0.197. The van der Waals surface area contributed by atoms with Gasteiger partial charge in [-0.25, -0.2) is 36.9 Å². The molecule has 9 rings (SSSR count). The highest BCUT2D eigenvalue weighted by Crippen LogP contribution is 2.56. The van der Waals surface area contributed by atoms with Crippen molar-refractivity contribution in [3.8, 4) is 5.82 Å². The van der Waals surface area contributed by atoms with Crippen LogP contribution in [0.4, 0.5) is 13.2 Å². The summed E-state index contributed by atoms with van der Waals surface area (Å²) in [6.45, 7) is -2.72. The van der Waals surface area contributed by atoms with Crippen molar-refractivity contribution in [1.82, 2.24) is 44.4 Å². The number of aliphatic imine (C=N–C) groups is 1. The van der Waals surface area contributed by atoms with Crippen LogP contribution in [0.15, 0.2) is 83.3 Å². The summed E-state index contributed by atoms with van der Waals surface area (Å²) in [6, 6.07) is 9.23. The summed E-state index contributed by atoms with van der Waals surface area (Å²) in [6.07, 6.45) is 8.00. The maximum absolute atomic E-state index is 14.2. The Balaban J connectivity index is 1.02. The molecule has 6 heterocycles. The number of aromatic nitrogens is 7. The third kappa shape index (κ3) is 5.94. The van der Waals surface area contributed by atoms with Gasteiger partial charge >= 0.3 is 6.55 Å². The number of nitrogens with one attached hydrogen (secondary N) is 1. The standard InChI is InChI=1S/C35H32ClF3N10O3S2/c36-25-15-21(37)6-7-24(25)31-30(26-8-11-48(44-26)34(38)39)27-16-22(17-47(27)32(42-31)33-41-10-12-53-33)45-54(51,52)23-13-19-4-5-20(14-23)35(19,50)28-18-49(46-43-28)29-3-1-2-9-40-29/h1-3,6-12,15,18-20,22-23,31,34,45,50H,4-5,13-14,16-17H2/t19?,20?,22-,23?,31-,35?/m0/s1. The molecule has 2 unspecified atom stereocenters. The molecule has 3 fully saturated rings. The van der Waals surface area contributed by atoms with Gasteiger partial charge in [-0.15, -0.1) is 16.4 Å². The molecule has 4 atom stereocenters. The Kier molecular flexibility index (Phi) is 8.72. The van der Waals surface area contributed by atoms with Gasteiger partial charge in [-0.05, 0) is 67.9 Å². The van der Waals surface area contributed by atoms with E-state index in [1.54, 1.807) is 36.1 Å². The van der Waals surface area contributed by atoms with E-state index in [-0.39, 0.29) is 48.4 Å². The monoisotopic (exact) mass is 796 g/mol. The van der Waals surface area contributed by atoms with E-state index in [4.69, 9.17) is 16.6 Å². The molecule has 0 spiro atoms. The summed E-state index contributed by atoms with van der Waals surface area (Å²) in [4.78, 5) is 15.7. The van der Waals surface area contributed by atoms with Crippen molar-refractivity contribution in [2.75, 3.05) is 6.54 Å². The molecule has 54 heavy (non-hydrogen) atoms. The van der Waals surface area contributed by atoms with Crippen LogP contribution in [0.3, 0.4) is 0 Å². The first kappa shape index (κ1) is 35.2. The maximum Gasteiger partial charge on any atom is 0.333 e. The summed E-state index contributed by atoms with van der Waals surface area (Å²) in [5.41, 5.74) is 0.760. The first-order valence-electron chi connectivity index (χ1n) is 17.3. The Morgan fingerprint density at radius 1 is 1.07 bits per heavy atom. The minimum atomic E-state index is -3.94. The Morgan fingerprint density at radius 2 is 1.89 bits per heavy atom. The molecule has 2 aliphatic heterocycles. The zero-order valence-corrected chi connectivity index (χ0v) is 30.6. The second-order valence-electron chi connectivity index (χ2n) is 14.0. The number of amidine groups is 1. The molecule has 13 nitrogen and oxygen atoms in total. The highest BCUT2D eigenvalue weighted by Gasteiger charge is 2.58. The van der Waals surface area contributed by atoms with E-state index in [0.717, 1.165) is 12.3 Å². The number of pyridine rings is 1. The molecule has 4 aliphatic rings. The number of nitrogens with zero attached hydrogens (tertiary/aromatic N) is 9. The number of halogens is 4. The summed E-state index contributed by atoms with van der Waals surface area (Å²) >= 11 is 7.92. The molecule has 5 aromatic rings. The van der Waals surface area contributed by atoms with Crippen molar-refractivity contribution in [2.24, 2.45) is 16.8 Å². The summed E-state index contributed by atoms with van der Waals surface area (Å²) in [5, 5.41) is 26.4. The van der Waals surface area contributed by atoms with Crippen LogP contribution in [0.1, 0.15) is 66.7 Å². The minimum Gasteiger partial charge on any atom is -0.383 e. The van der Waals surface area contributed by atoms with Crippen molar-refractivity contribution in [3.05, 3.63) is 111 Å². The average Bonchev–Trinajstić information content (AvgIpc) is 3.99. The second kappa shape index (κ2) is 13.4. The van der Waals surface area contributed by atoms with Crippen molar-refractivity contribution in [3.63, 3.8) is 0 Å². The van der Waals surface area contributed by atoms with Crippen molar-refractivity contribution >= 4 is 44.4 Å². The molecule has 19 heteroatoms. The Morgan fingerprint density at radius 3 is 2.57 bits per heavy atom. The van der Waals surface area contributed by atoms with Crippen LogP contribution in [0, 0.1) is 17.7 Å². The molecule has 0 amide bonds. The molecule has 1 saturated heterocycles. The topological polar surface area (TPSA) is 156 Å². The highest BCUT2D eigenvalue weighted by molar-refractivity contribution is 7.90. The first-order chi connectivity index (χ1) is 26.0. The molecule has 2 saturated carbocycles. The predicted octanol–water partition coefficient (Wildman–Crippen LogP) is 5.49. The Bertz CT molecular complexity index is 2370. The second-order valence-corrected chi connectivity index (χ2v) is 17.3. The molecule has 0 radical (unpaired) electrons. The number of sulfonamides is 1. The molecule has 2 bridgehead atoms. The smallest absolute Gasteiger partial charge is 0.333 e. The zero-order chi connectivity index (χ0) is 37.4. The van der Waals surface area contributed by atoms with Gasteiger partial charge in [0.05, 0.1) is 17.1 Å². The Hall–Kier alpha value is -4.49. The van der Waals surface area contributed by atoms with Crippen molar-refractivity contribution < 1.29 is 26.7 Å². The largest absolute Gasteiger partial charge is 0.383 e. The van der Waals surface area contributed by atoms with E-state index < -0.39 is 45.3 Å². The van der Waals surface area contributed by atoms with Gasteiger partial charge in [0.2, 0.25) is 10.0 Å². The summed E-state index contributed by atoms with van der Waals surface area (Å²) < 4.78 is 75.2. The van der Waals surface area contributed by atoms with Crippen LogP contribution in [0.2, 0.25) is 5.02 Å². The third-order valence-electron chi connectivity index (χ3n) is 11.0. The highest BCUT2D eigenvalue weighted by atomic mass is 35.5. The van der Waals surface area contributed by atoms with Gasteiger partial charge in [0.1, 0.15) is 23.2 Å².